The third-order valence-electron chi connectivity index (χ3n) is 2.69. The van der Waals surface area contributed by atoms with Crippen molar-refractivity contribution in [1.29, 1.82) is 0 Å². The molecule has 90 valence electrons. The molecular formula is C13H10N2OS2. The highest BCUT2D eigenvalue weighted by atomic mass is 32.1. The van der Waals surface area contributed by atoms with Gasteiger partial charge in [0, 0.05) is 17.2 Å². The number of thiol groups is 1. The third-order valence-corrected chi connectivity index (χ3v) is 3.84. The van der Waals surface area contributed by atoms with Crippen LogP contribution in [0.25, 0.3) is 16.2 Å². The zero-order chi connectivity index (χ0) is 12.5. The quantitative estimate of drug-likeness (QED) is 0.729. The number of fused-ring (bicyclic) bond motifs is 1. The van der Waals surface area contributed by atoms with Crippen molar-refractivity contribution in [3.63, 3.8) is 0 Å². The van der Waals surface area contributed by atoms with Gasteiger partial charge in [-0.15, -0.1) is 11.3 Å². The molecule has 1 aromatic carbocycles. The first kappa shape index (κ1) is 11.5. The number of rotatable bonds is 2. The standard InChI is InChI=1S/C13H10N2OS2/c16-12-6-10(7-17)14-13-15(12)11(8-18-13)9-4-2-1-3-5-9/h1-6,8,17H,7H2. The molecule has 0 fully saturated rings. The van der Waals surface area contributed by atoms with Crippen molar-refractivity contribution in [3.8, 4) is 11.3 Å². The number of nitrogens with zero attached hydrogens (tertiary/aromatic N) is 2. The van der Waals surface area contributed by atoms with Crippen LogP contribution in [0.15, 0.2) is 46.6 Å². The second-order valence-corrected chi connectivity index (χ2v) is 5.00. The predicted octanol–water partition coefficient (Wildman–Crippen LogP) is 2.85. The Morgan fingerprint density at radius 2 is 2.06 bits per heavy atom. The van der Waals surface area contributed by atoms with Gasteiger partial charge in [-0.3, -0.25) is 9.20 Å². The summed E-state index contributed by atoms with van der Waals surface area (Å²) in [4.78, 5) is 17.2. The maximum atomic E-state index is 12.1. The van der Waals surface area contributed by atoms with Crippen LogP contribution in [0.1, 0.15) is 5.69 Å². The van der Waals surface area contributed by atoms with Crippen LogP contribution in [-0.4, -0.2) is 9.38 Å². The van der Waals surface area contributed by atoms with Crippen LogP contribution in [0.4, 0.5) is 0 Å². The van der Waals surface area contributed by atoms with E-state index < -0.39 is 0 Å². The molecule has 0 N–H and O–H groups in total. The maximum Gasteiger partial charge on any atom is 0.259 e. The molecule has 0 unspecified atom stereocenters. The minimum Gasteiger partial charge on any atom is -0.269 e. The van der Waals surface area contributed by atoms with E-state index in [2.05, 4.69) is 17.6 Å². The number of hydrogen-bond donors (Lipinski definition) is 1. The van der Waals surface area contributed by atoms with Gasteiger partial charge in [0.1, 0.15) is 0 Å². The van der Waals surface area contributed by atoms with Crippen molar-refractivity contribution in [2.24, 2.45) is 0 Å². The van der Waals surface area contributed by atoms with Crippen molar-refractivity contribution in [2.75, 3.05) is 0 Å². The molecule has 0 saturated carbocycles. The Balaban J connectivity index is 2.30. The third kappa shape index (κ3) is 1.85. The minimum atomic E-state index is -0.0517. The first-order valence-electron chi connectivity index (χ1n) is 5.46. The van der Waals surface area contributed by atoms with Crippen LogP contribution in [0.3, 0.4) is 0 Å². The fourth-order valence-corrected chi connectivity index (χ4v) is 2.94. The fourth-order valence-electron chi connectivity index (χ4n) is 1.86. The topological polar surface area (TPSA) is 34.4 Å². The molecule has 3 rings (SSSR count). The lowest BCUT2D eigenvalue weighted by atomic mass is 10.2. The van der Waals surface area contributed by atoms with Crippen LogP contribution in [0.2, 0.25) is 0 Å². The highest BCUT2D eigenvalue weighted by Crippen LogP contribution is 2.23. The molecule has 3 nitrogen and oxygen atoms in total. The van der Waals surface area contributed by atoms with Crippen LogP contribution >= 0.6 is 24.0 Å². The maximum absolute atomic E-state index is 12.1. The second kappa shape index (κ2) is 4.59. The zero-order valence-corrected chi connectivity index (χ0v) is 11.1. The Morgan fingerprint density at radius 3 is 2.78 bits per heavy atom. The van der Waals surface area contributed by atoms with Crippen LogP contribution < -0.4 is 5.56 Å². The Bertz CT molecular complexity index is 747. The van der Waals surface area contributed by atoms with Gasteiger partial charge in [-0.1, -0.05) is 30.3 Å². The monoisotopic (exact) mass is 274 g/mol. The van der Waals surface area contributed by atoms with E-state index in [0.717, 1.165) is 11.3 Å². The van der Waals surface area contributed by atoms with Gasteiger partial charge in [0.25, 0.3) is 5.56 Å². The molecule has 0 radical (unpaired) electrons. The number of thiazole rings is 1. The molecule has 3 aromatic rings. The normalized spacial score (nSPS) is 10.9. The molecular weight excluding hydrogens is 264 g/mol. The van der Waals surface area contributed by atoms with Crippen molar-refractivity contribution < 1.29 is 0 Å². The second-order valence-electron chi connectivity index (χ2n) is 3.85. The van der Waals surface area contributed by atoms with E-state index in [1.807, 2.05) is 35.7 Å². The molecule has 0 amide bonds. The summed E-state index contributed by atoms with van der Waals surface area (Å²) in [5, 5.41) is 1.96. The average molecular weight is 274 g/mol. The summed E-state index contributed by atoms with van der Waals surface area (Å²) in [6, 6.07) is 11.4. The summed E-state index contributed by atoms with van der Waals surface area (Å²) in [6.45, 7) is 0. The summed E-state index contributed by atoms with van der Waals surface area (Å²) in [5.74, 6) is 0.476. The Kier molecular flexibility index (Phi) is 2.93. The highest BCUT2D eigenvalue weighted by molar-refractivity contribution is 7.79. The van der Waals surface area contributed by atoms with E-state index in [4.69, 9.17) is 0 Å². The lowest BCUT2D eigenvalue weighted by molar-refractivity contribution is 1.05. The van der Waals surface area contributed by atoms with Gasteiger partial charge in [0.2, 0.25) is 0 Å². The van der Waals surface area contributed by atoms with Gasteiger partial charge in [-0.05, 0) is 5.56 Å². The first-order valence-corrected chi connectivity index (χ1v) is 6.97. The Morgan fingerprint density at radius 1 is 1.28 bits per heavy atom. The van der Waals surface area contributed by atoms with E-state index in [-0.39, 0.29) is 5.56 Å². The van der Waals surface area contributed by atoms with Crippen LogP contribution in [0.5, 0.6) is 0 Å². The Hall–Kier alpha value is -1.59. The first-order chi connectivity index (χ1) is 8.79. The smallest absolute Gasteiger partial charge is 0.259 e. The molecule has 2 aromatic heterocycles. The molecule has 0 aliphatic carbocycles. The van der Waals surface area contributed by atoms with E-state index in [0.29, 0.717) is 16.4 Å². The van der Waals surface area contributed by atoms with Gasteiger partial charge < -0.3 is 0 Å². The van der Waals surface area contributed by atoms with Gasteiger partial charge in [-0.25, -0.2) is 4.98 Å². The van der Waals surface area contributed by atoms with Crippen molar-refractivity contribution >= 4 is 28.9 Å². The van der Waals surface area contributed by atoms with Crippen molar-refractivity contribution in [2.45, 2.75) is 5.75 Å². The average Bonchev–Trinajstić information content (AvgIpc) is 2.84. The Labute approximate surface area is 113 Å². The molecule has 5 heteroatoms. The summed E-state index contributed by atoms with van der Waals surface area (Å²) < 4.78 is 1.65. The zero-order valence-electron chi connectivity index (χ0n) is 9.41. The SMILES string of the molecule is O=c1cc(CS)nc2scc(-c3ccccc3)n12. The molecule has 0 spiro atoms. The molecule has 0 bridgehead atoms. The molecule has 0 aliphatic rings. The summed E-state index contributed by atoms with van der Waals surface area (Å²) in [7, 11) is 0. The molecule has 0 aliphatic heterocycles. The van der Waals surface area contributed by atoms with E-state index >= 15 is 0 Å². The largest absolute Gasteiger partial charge is 0.269 e. The number of aromatic nitrogens is 2. The minimum absolute atomic E-state index is 0.0517. The van der Waals surface area contributed by atoms with Crippen LogP contribution in [0, 0.1) is 0 Å². The van der Waals surface area contributed by atoms with Gasteiger partial charge in [0.15, 0.2) is 4.96 Å². The molecule has 0 atom stereocenters. The van der Waals surface area contributed by atoms with E-state index in [1.54, 1.807) is 10.5 Å². The predicted molar refractivity (Wildman–Crippen MR) is 77.5 cm³/mol. The van der Waals surface area contributed by atoms with Crippen molar-refractivity contribution in [3.05, 3.63) is 57.8 Å². The number of benzene rings is 1. The molecule has 2 heterocycles. The van der Waals surface area contributed by atoms with Crippen LogP contribution in [-0.2, 0) is 5.75 Å². The van der Waals surface area contributed by atoms with Gasteiger partial charge >= 0.3 is 0 Å². The lowest BCUT2D eigenvalue weighted by Gasteiger charge is -2.01. The molecule has 18 heavy (non-hydrogen) atoms. The summed E-state index contributed by atoms with van der Waals surface area (Å²) in [6.07, 6.45) is 0. The molecule has 0 saturated heterocycles. The summed E-state index contributed by atoms with van der Waals surface area (Å²) in [5.41, 5.74) is 2.57. The number of hydrogen-bond acceptors (Lipinski definition) is 4. The van der Waals surface area contributed by atoms with Crippen molar-refractivity contribution in [1.82, 2.24) is 9.38 Å². The van der Waals surface area contributed by atoms with Gasteiger partial charge in [-0.2, -0.15) is 12.6 Å². The highest BCUT2D eigenvalue weighted by Gasteiger charge is 2.09. The fraction of sp³-hybridized carbons (Fsp3) is 0.0769. The van der Waals surface area contributed by atoms with E-state index in [1.165, 1.54) is 11.3 Å². The van der Waals surface area contributed by atoms with E-state index in [9.17, 15) is 4.79 Å². The summed E-state index contributed by atoms with van der Waals surface area (Å²) >= 11 is 5.62. The lowest BCUT2D eigenvalue weighted by Crippen LogP contribution is -2.14. The van der Waals surface area contributed by atoms with Gasteiger partial charge in [0.05, 0.1) is 11.4 Å².